The summed E-state index contributed by atoms with van der Waals surface area (Å²) in [7, 11) is 1.71. The second-order valence-corrected chi connectivity index (χ2v) is 7.11. The molecule has 1 aliphatic rings. The summed E-state index contributed by atoms with van der Waals surface area (Å²) < 4.78 is 5.22. The summed E-state index contributed by atoms with van der Waals surface area (Å²) in [4.78, 5) is 15.1. The number of aromatic amines is 1. The maximum Gasteiger partial charge on any atom is 0.319 e. The zero-order valence-corrected chi connectivity index (χ0v) is 15.9. The van der Waals surface area contributed by atoms with Crippen molar-refractivity contribution >= 4 is 22.6 Å². The third kappa shape index (κ3) is 4.00. The highest BCUT2D eigenvalue weighted by Gasteiger charge is 2.34. The van der Waals surface area contributed by atoms with Crippen molar-refractivity contribution in [2.24, 2.45) is 0 Å². The predicted octanol–water partition coefficient (Wildman–Crippen LogP) is 2.80. The minimum atomic E-state index is -0.207. The van der Waals surface area contributed by atoms with Gasteiger partial charge < -0.3 is 15.4 Å². The molecule has 0 saturated carbocycles. The van der Waals surface area contributed by atoms with Gasteiger partial charge in [-0.3, -0.25) is 10.00 Å². The van der Waals surface area contributed by atoms with Crippen LogP contribution in [0.3, 0.4) is 0 Å². The van der Waals surface area contributed by atoms with Crippen LogP contribution in [-0.2, 0) is 4.74 Å². The number of aromatic nitrogens is 2. The van der Waals surface area contributed by atoms with E-state index in [-0.39, 0.29) is 18.0 Å². The highest BCUT2D eigenvalue weighted by atomic mass is 16.5. The summed E-state index contributed by atoms with van der Waals surface area (Å²) in [6.07, 6.45) is 1.74. The Labute approximate surface area is 164 Å². The molecule has 1 fully saturated rings. The molecule has 2 heterocycles. The number of rotatable bonds is 6. The molecule has 0 spiro atoms. The van der Waals surface area contributed by atoms with Crippen LogP contribution in [0.4, 0.5) is 10.5 Å². The number of urea groups is 1. The average molecular weight is 379 g/mol. The molecule has 3 N–H and O–H groups in total. The summed E-state index contributed by atoms with van der Waals surface area (Å²) in [6.45, 7) is 3.23. The number of amides is 2. The lowest BCUT2D eigenvalue weighted by Crippen LogP contribution is -2.42. The van der Waals surface area contributed by atoms with Crippen molar-refractivity contribution in [2.45, 2.75) is 12.0 Å². The Hall–Kier alpha value is -2.90. The Morgan fingerprint density at radius 2 is 2.07 bits per heavy atom. The minimum absolute atomic E-state index is 0.0280. The molecule has 0 aliphatic carbocycles. The number of fused-ring (bicyclic) bond motifs is 1. The molecule has 0 radical (unpaired) electrons. The highest BCUT2D eigenvalue weighted by molar-refractivity contribution is 5.99. The number of hydrogen-bond acceptors (Lipinski definition) is 4. The molecule has 28 heavy (non-hydrogen) atoms. The van der Waals surface area contributed by atoms with E-state index in [1.807, 2.05) is 36.4 Å². The zero-order valence-electron chi connectivity index (χ0n) is 15.9. The van der Waals surface area contributed by atoms with Crippen LogP contribution in [0.2, 0.25) is 0 Å². The molecule has 4 rings (SSSR count). The lowest BCUT2D eigenvalue weighted by Gasteiger charge is -2.20. The number of likely N-dealkylation sites (tertiary alicyclic amines) is 1. The van der Waals surface area contributed by atoms with Gasteiger partial charge in [0.05, 0.1) is 30.0 Å². The van der Waals surface area contributed by atoms with E-state index < -0.39 is 0 Å². The van der Waals surface area contributed by atoms with Crippen LogP contribution in [0, 0.1) is 0 Å². The molecule has 0 bridgehead atoms. The number of para-hydroxylation sites is 1. The molecule has 7 heteroatoms. The number of hydrogen-bond donors (Lipinski definition) is 3. The third-order valence-electron chi connectivity index (χ3n) is 5.28. The van der Waals surface area contributed by atoms with Gasteiger partial charge in [0.25, 0.3) is 0 Å². The summed E-state index contributed by atoms with van der Waals surface area (Å²) in [5, 5.41) is 14.1. The van der Waals surface area contributed by atoms with E-state index in [9.17, 15) is 4.79 Å². The van der Waals surface area contributed by atoms with Crippen molar-refractivity contribution in [2.75, 3.05) is 38.7 Å². The summed E-state index contributed by atoms with van der Waals surface area (Å²) in [5.41, 5.74) is 2.78. The maximum atomic E-state index is 12.7. The first-order valence-corrected chi connectivity index (χ1v) is 9.50. The number of anilines is 1. The zero-order chi connectivity index (χ0) is 19.3. The smallest absolute Gasteiger partial charge is 0.319 e. The first kappa shape index (κ1) is 18.5. The SMILES string of the molecule is COCCN1C[C@H](NC(=O)Nc2cccc3cn[nH]c23)[C@@H](c2ccccc2)C1. The van der Waals surface area contributed by atoms with Gasteiger partial charge in [0.15, 0.2) is 0 Å². The maximum absolute atomic E-state index is 12.7. The molecule has 146 valence electrons. The van der Waals surface area contributed by atoms with Crippen LogP contribution >= 0.6 is 0 Å². The van der Waals surface area contributed by atoms with Gasteiger partial charge >= 0.3 is 6.03 Å². The fourth-order valence-corrected chi connectivity index (χ4v) is 3.87. The molecule has 7 nitrogen and oxygen atoms in total. The van der Waals surface area contributed by atoms with E-state index in [4.69, 9.17) is 4.74 Å². The number of H-pyrrole nitrogens is 1. The first-order valence-electron chi connectivity index (χ1n) is 9.50. The number of benzene rings is 2. The van der Waals surface area contributed by atoms with Crippen LogP contribution in [0.1, 0.15) is 11.5 Å². The van der Waals surface area contributed by atoms with E-state index in [0.29, 0.717) is 6.61 Å². The summed E-state index contributed by atoms with van der Waals surface area (Å²) >= 11 is 0. The van der Waals surface area contributed by atoms with Gasteiger partial charge in [0.1, 0.15) is 0 Å². The van der Waals surface area contributed by atoms with Crippen molar-refractivity contribution in [3.05, 3.63) is 60.3 Å². The Morgan fingerprint density at radius 1 is 1.21 bits per heavy atom. The normalized spacial score (nSPS) is 19.8. The van der Waals surface area contributed by atoms with Crippen molar-refractivity contribution in [3.63, 3.8) is 0 Å². The third-order valence-corrected chi connectivity index (χ3v) is 5.28. The second-order valence-electron chi connectivity index (χ2n) is 7.11. The molecule has 1 saturated heterocycles. The van der Waals surface area contributed by atoms with E-state index >= 15 is 0 Å². The Balaban J connectivity index is 1.47. The van der Waals surface area contributed by atoms with Gasteiger partial charge in [-0.1, -0.05) is 42.5 Å². The molecular weight excluding hydrogens is 354 g/mol. The van der Waals surface area contributed by atoms with Crippen LogP contribution in [0.25, 0.3) is 10.9 Å². The molecule has 0 unspecified atom stereocenters. The van der Waals surface area contributed by atoms with Crippen molar-refractivity contribution < 1.29 is 9.53 Å². The molecule has 2 amide bonds. The van der Waals surface area contributed by atoms with Crippen molar-refractivity contribution in [1.29, 1.82) is 0 Å². The number of methoxy groups -OCH3 is 1. The number of nitrogens with zero attached hydrogens (tertiary/aromatic N) is 2. The Bertz CT molecular complexity index is 927. The Kier molecular flexibility index (Phi) is 5.55. The molecule has 3 aromatic rings. The van der Waals surface area contributed by atoms with Gasteiger partial charge in [-0.15, -0.1) is 0 Å². The molecule has 2 atom stereocenters. The van der Waals surface area contributed by atoms with E-state index in [1.165, 1.54) is 5.56 Å². The average Bonchev–Trinajstić information content (AvgIpc) is 3.34. The second kappa shape index (κ2) is 8.41. The molecule has 2 aromatic carbocycles. The highest BCUT2D eigenvalue weighted by Crippen LogP contribution is 2.28. The number of carbonyl (C=O) groups is 1. The number of carbonyl (C=O) groups excluding carboxylic acids is 1. The van der Waals surface area contributed by atoms with Crippen LogP contribution < -0.4 is 10.6 Å². The largest absolute Gasteiger partial charge is 0.383 e. The summed E-state index contributed by atoms with van der Waals surface area (Å²) in [6, 6.07) is 15.9. The van der Waals surface area contributed by atoms with Gasteiger partial charge in [0.2, 0.25) is 0 Å². The van der Waals surface area contributed by atoms with Gasteiger partial charge in [-0.05, 0) is 11.6 Å². The predicted molar refractivity (Wildman–Crippen MR) is 110 cm³/mol. The van der Waals surface area contributed by atoms with Crippen LogP contribution in [0.15, 0.2) is 54.7 Å². The van der Waals surface area contributed by atoms with Crippen LogP contribution in [-0.4, -0.2) is 60.5 Å². The van der Waals surface area contributed by atoms with E-state index in [1.54, 1.807) is 13.3 Å². The lowest BCUT2D eigenvalue weighted by molar-refractivity contribution is 0.159. The lowest BCUT2D eigenvalue weighted by atomic mass is 9.94. The van der Waals surface area contributed by atoms with Gasteiger partial charge in [0, 0.05) is 38.0 Å². The molecule has 1 aromatic heterocycles. The van der Waals surface area contributed by atoms with E-state index in [2.05, 4.69) is 37.9 Å². The van der Waals surface area contributed by atoms with Gasteiger partial charge in [-0.2, -0.15) is 5.10 Å². The number of ether oxygens (including phenoxy) is 1. The van der Waals surface area contributed by atoms with E-state index in [0.717, 1.165) is 36.2 Å². The van der Waals surface area contributed by atoms with Crippen molar-refractivity contribution in [1.82, 2.24) is 20.4 Å². The molecular formula is C21H25N5O2. The number of nitrogens with one attached hydrogen (secondary N) is 3. The molecule has 1 aliphatic heterocycles. The van der Waals surface area contributed by atoms with Gasteiger partial charge in [-0.25, -0.2) is 4.79 Å². The standard InChI is InChI=1S/C21H25N5O2/c1-28-11-10-26-13-17(15-6-3-2-4-7-15)19(14-26)24-21(27)23-18-9-5-8-16-12-22-25-20(16)18/h2-9,12,17,19H,10-11,13-14H2,1H3,(H,22,25)(H2,23,24,27)/t17-,19+/m1/s1. The van der Waals surface area contributed by atoms with Crippen molar-refractivity contribution in [3.8, 4) is 0 Å². The Morgan fingerprint density at radius 3 is 2.89 bits per heavy atom. The monoisotopic (exact) mass is 379 g/mol. The summed E-state index contributed by atoms with van der Waals surface area (Å²) in [5.74, 6) is 0.242. The minimum Gasteiger partial charge on any atom is -0.383 e. The topological polar surface area (TPSA) is 82.3 Å². The fourth-order valence-electron chi connectivity index (χ4n) is 3.87. The van der Waals surface area contributed by atoms with Crippen LogP contribution in [0.5, 0.6) is 0 Å². The quantitative estimate of drug-likeness (QED) is 0.615. The fraction of sp³-hybridized carbons (Fsp3) is 0.333. The first-order chi connectivity index (χ1) is 13.7.